The number of carboxylic acid groups (broad SMARTS) is 1. The fraction of sp³-hybridized carbons (Fsp3) is 0.400. The summed E-state index contributed by atoms with van der Waals surface area (Å²) in [5.41, 5.74) is 0. The van der Waals surface area contributed by atoms with Gasteiger partial charge < -0.3 is 9.84 Å². The normalized spacial score (nSPS) is 8.45. The van der Waals surface area contributed by atoms with Gasteiger partial charge in [0.2, 0.25) is 0 Å². The lowest BCUT2D eigenvalue weighted by Gasteiger charge is -1.98. The fourth-order valence-electron chi connectivity index (χ4n) is 0.345. The molecular weight excluding hydrogens is 154 g/mol. The molecule has 2 amide bonds. The summed E-state index contributed by atoms with van der Waals surface area (Å²) >= 11 is 0. The molecular formula is C5H7NO5. The smallest absolute Gasteiger partial charge is 0.411 e. The van der Waals surface area contributed by atoms with Crippen LogP contribution in [0.25, 0.3) is 0 Å². The van der Waals surface area contributed by atoms with Crippen molar-refractivity contribution in [2.24, 2.45) is 0 Å². The van der Waals surface area contributed by atoms with Crippen LogP contribution in [0, 0.1) is 0 Å². The zero-order valence-electron chi connectivity index (χ0n) is 5.79. The first-order valence-corrected chi connectivity index (χ1v) is 2.79. The molecule has 6 heteroatoms. The maximum atomic E-state index is 10.4. The molecule has 0 saturated carbocycles. The molecule has 11 heavy (non-hydrogen) atoms. The Morgan fingerprint density at radius 1 is 1.45 bits per heavy atom. The van der Waals surface area contributed by atoms with Crippen molar-refractivity contribution in [2.75, 3.05) is 6.61 Å². The third-order valence-electron chi connectivity index (χ3n) is 0.681. The van der Waals surface area contributed by atoms with Crippen LogP contribution in [0.2, 0.25) is 0 Å². The summed E-state index contributed by atoms with van der Waals surface area (Å²) in [6.07, 6.45) is -1.58. The average molecular weight is 161 g/mol. The molecule has 0 aromatic carbocycles. The van der Waals surface area contributed by atoms with Crippen molar-refractivity contribution in [3.8, 4) is 0 Å². The van der Waals surface area contributed by atoms with Gasteiger partial charge in [-0.15, -0.1) is 0 Å². The largest absolute Gasteiger partial charge is 0.465 e. The number of amides is 2. The van der Waals surface area contributed by atoms with E-state index in [2.05, 4.69) is 4.74 Å². The standard InChI is InChI=1S/C5H7NO5/c1-2-11-4(8)3(7)6-5(9)10/h2H2,1H3,(H,6,7)(H,9,10). The second-order valence-corrected chi connectivity index (χ2v) is 1.48. The summed E-state index contributed by atoms with van der Waals surface area (Å²) in [6.45, 7) is 1.54. The minimum Gasteiger partial charge on any atom is -0.465 e. The Morgan fingerprint density at radius 2 is 2.00 bits per heavy atom. The lowest BCUT2D eigenvalue weighted by atomic mass is 10.6. The Labute approximate surface area is 62.1 Å². The second-order valence-electron chi connectivity index (χ2n) is 1.48. The molecule has 6 nitrogen and oxygen atoms in total. The molecule has 0 unspecified atom stereocenters. The van der Waals surface area contributed by atoms with Crippen LogP contribution in [0.15, 0.2) is 0 Å². The van der Waals surface area contributed by atoms with Crippen molar-refractivity contribution in [3.63, 3.8) is 0 Å². The van der Waals surface area contributed by atoms with Gasteiger partial charge in [-0.3, -0.25) is 10.1 Å². The second kappa shape index (κ2) is 4.26. The van der Waals surface area contributed by atoms with E-state index in [1.165, 1.54) is 12.2 Å². The van der Waals surface area contributed by atoms with E-state index in [-0.39, 0.29) is 6.61 Å². The lowest BCUT2D eigenvalue weighted by molar-refractivity contribution is -0.154. The summed E-state index contributed by atoms with van der Waals surface area (Å²) in [5, 5.41) is 9.29. The molecule has 62 valence electrons. The highest BCUT2D eigenvalue weighted by Crippen LogP contribution is 1.77. The van der Waals surface area contributed by atoms with E-state index >= 15 is 0 Å². The molecule has 0 spiro atoms. The van der Waals surface area contributed by atoms with Crippen molar-refractivity contribution < 1.29 is 24.2 Å². The predicted octanol–water partition coefficient (Wildman–Crippen LogP) is -0.656. The molecule has 0 rings (SSSR count). The van der Waals surface area contributed by atoms with Crippen LogP contribution in [-0.4, -0.2) is 29.7 Å². The average Bonchev–Trinajstić information content (AvgIpc) is 1.86. The molecule has 0 saturated heterocycles. The molecule has 0 heterocycles. The number of nitrogens with one attached hydrogen (secondary N) is 1. The van der Waals surface area contributed by atoms with Crippen molar-refractivity contribution in [1.29, 1.82) is 0 Å². The Kier molecular flexibility index (Phi) is 3.65. The quantitative estimate of drug-likeness (QED) is 0.393. The molecule has 2 N–H and O–H groups in total. The fourth-order valence-corrected chi connectivity index (χ4v) is 0.345. The minimum absolute atomic E-state index is 0.0336. The maximum Gasteiger partial charge on any atom is 0.411 e. The molecule has 0 fully saturated rings. The Bertz CT molecular complexity index is 187. The monoisotopic (exact) mass is 161 g/mol. The lowest BCUT2D eigenvalue weighted by Crippen LogP contribution is -2.35. The van der Waals surface area contributed by atoms with E-state index in [0.29, 0.717) is 0 Å². The van der Waals surface area contributed by atoms with Crippen LogP contribution < -0.4 is 5.32 Å². The van der Waals surface area contributed by atoms with Crippen LogP contribution in [0.3, 0.4) is 0 Å². The minimum atomic E-state index is -1.58. The molecule has 0 aliphatic heterocycles. The van der Waals surface area contributed by atoms with Gasteiger partial charge >= 0.3 is 18.0 Å². The van der Waals surface area contributed by atoms with Gasteiger partial charge in [0.1, 0.15) is 0 Å². The number of esters is 1. The van der Waals surface area contributed by atoms with E-state index in [1.54, 1.807) is 0 Å². The van der Waals surface area contributed by atoms with Crippen LogP contribution >= 0.6 is 0 Å². The zero-order chi connectivity index (χ0) is 8.85. The van der Waals surface area contributed by atoms with Gasteiger partial charge in [0.15, 0.2) is 0 Å². The van der Waals surface area contributed by atoms with Gasteiger partial charge in [-0.1, -0.05) is 0 Å². The molecule has 0 aromatic rings. The molecule has 0 aromatic heterocycles. The first-order chi connectivity index (χ1) is 5.07. The van der Waals surface area contributed by atoms with E-state index in [1.807, 2.05) is 0 Å². The maximum absolute atomic E-state index is 10.4. The van der Waals surface area contributed by atoms with Crippen molar-refractivity contribution in [1.82, 2.24) is 5.32 Å². The summed E-state index contributed by atoms with van der Waals surface area (Å²) in [7, 11) is 0. The topological polar surface area (TPSA) is 92.7 Å². The van der Waals surface area contributed by atoms with Gasteiger partial charge in [0.25, 0.3) is 0 Å². The molecule has 0 atom stereocenters. The van der Waals surface area contributed by atoms with E-state index in [4.69, 9.17) is 5.11 Å². The number of rotatable bonds is 1. The number of carbonyl (C=O) groups excluding carboxylic acids is 2. The third-order valence-corrected chi connectivity index (χ3v) is 0.681. The number of carbonyl (C=O) groups is 3. The van der Waals surface area contributed by atoms with Gasteiger partial charge in [0.05, 0.1) is 6.61 Å². The molecule has 0 aliphatic carbocycles. The first kappa shape index (κ1) is 9.41. The van der Waals surface area contributed by atoms with Crippen LogP contribution in [0.1, 0.15) is 6.92 Å². The highest BCUT2D eigenvalue weighted by molar-refractivity contribution is 6.34. The number of hydrogen-bond acceptors (Lipinski definition) is 4. The Morgan fingerprint density at radius 3 is 2.36 bits per heavy atom. The first-order valence-electron chi connectivity index (χ1n) is 2.79. The van der Waals surface area contributed by atoms with Crippen LogP contribution in [0.5, 0.6) is 0 Å². The molecule has 0 radical (unpaired) electrons. The third kappa shape index (κ3) is 3.90. The van der Waals surface area contributed by atoms with Crippen molar-refractivity contribution in [2.45, 2.75) is 6.92 Å². The van der Waals surface area contributed by atoms with Crippen molar-refractivity contribution >= 4 is 18.0 Å². The number of ether oxygens (including phenoxy) is 1. The van der Waals surface area contributed by atoms with Gasteiger partial charge in [0, 0.05) is 0 Å². The Balaban J connectivity index is 3.83. The summed E-state index contributed by atoms with van der Waals surface area (Å²) in [6, 6.07) is 0. The summed E-state index contributed by atoms with van der Waals surface area (Å²) in [4.78, 5) is 30.5. The van der Waals surface area contributed by atoms with E-state index in [9.17, 15) is 14.4 Å². The van der Waals surface area contributed by atoms with Crippen LogP contribution in [0.4, 0.5) is 4.79 Å². The Hall–Kier alpha value is -1.59. The number of hydrogen-bond donors (Lipinski definition) is 2. The number of imide groups is 1. The van der Waals surface area contributed by atoms with Gasteiger partial charge in [-0.25, -0.2) is 9.59 Å². The van der Waals surface area contributed by atoms with E-state index < -0.39 is 18.0 Å². The van der Waals surface area contributed by atoms with Crippen molar-refractivity contribution in [3.05, 3.63) is 0 Å². The molecule has 0 aliphatic rings. The van der Waals surface area contributed by atoms with Gasteiger partial charge in [-0.05, 0) is 6.92 Å². The SMILES string of the molecule is CCOC(=O)C(=O)NC(=O)O. The highest BCUT2D eigenvalue weighted by Gasteiger charge is 2.16. The highest BCUT2D eigenvalue weighted by atomic mass is 16.5. The summed E-state index contributed by atoms with van der Waals surface area (Å²) in [5.74, 6) is -2.48. The van der Waals surface area contributed by atoms with E-state index in [0.717, 1.165) is 0 Å². The predicted molar refractivity (Wildman–Crippen MR) is 32.8 cm³/mol. The zero-order valence-corrected chi connectivity index (χ0v) is 5.79. The van der Waals surface area contributed by atoms with Crippen LogP contribution in [-0.2, 0) is 14.3 Å². The summed E-state index contributed by atoms with van der Waals surface area (Å²) < 4.78 is 4.19. The molecule has 0 bridgehead atoms. The van der Waals surface area contributed by atoms with Gasteiger partial charge in [-0.2, -0.15) is 0 Å².